The number of rotatable bonds is 1. The molecule has 2 heterocycles. The van der Waals surface area contributed by atoms with Gasteiger partial charge in [-0.2, -0.15) is 4.90 Å². The summed E-state index contributed by atoms with van der Waals surface area (Å²) in [5.74, 6) is 1.15. The zero-order chi connectivity index (χ0) is 13.2. The molecule has 3 heteroatoms. The fourth-order valence-corrected chi connectivity index (χ4v) is 2.48. The van der Waals surface area contributed by atoms with Gasteiger partial charge in [0.1, 0.15) is 0 Å². The molecule has 0 bridgehead atoms. The highest BCUT2D eigenvalue weighted by Gasteiger charge is 2.24. The quantitative estimate of drug-likeness (QED) is 0.787. The Labute approximate surface area is 113 Å². The molecule has 2 aromatic rings. The molecule has 0 atom stereocenters. The predicted octanol–water partition coefficient (Wildman–Crippen LogP) is 2.90. The van der Waals surface area contributed by atoms with E-state index in [0.717, 1.165) is 12.4 Å². The van der Waals surface area contributed by atoms with Crippen LogP contribution in [0.2, 0.25) is 0 Å². The van der Waals surface area contributed by atoms with Gasteiger partial charge in [0.25, 0.3) is 5.82 Å². The zero-order valence-corrected chi connectivity index (χ0v) is 11.3. The van der Waals surface area contributed by atoms with Crippen molar-refractivity contribution >= 4 is 17.2 Å². The Morgan fingerprint density at radius 3 is 2.89 bits per heavy atom. The van der Waals surface area contributed by atoms with Crippen molar-refractivity contribution in [1.29, 1.82) is 0 Å². The van der Waals surface area contributed by atoms with E-state index in [0.29, 0.717) is 0 Å². The predicted molar refractivity (Wildman–Crippen MR) is 78.6 cm³/mol. The van der Waals surface area contributed by atoms with E-state index in [1.165, 1.54) is 16.9 Å². The first-order chi connectivity index (χ1) is 9.27. The van der Waals surface area contributed by atoms with Gasteiger partial charge < -0.3 is 5.32 Å². The Balaban J connectivity index is 2.20. The lowest BCUT2D eigenvalue weighted by Crippen LogP contribution is -2.34. The SMILES string of the molecule is Cc1cccc2c1N(c1cccc[n+]1C)C=CCN2. The lowest BCUT2D eigenvalue weighted by molar-refractivity contribution is -0.658. The number of fused-ring (bicyclic) bond motifs is 1. The second kappa shape index (κ2) is 4.76. The number of hydrogen-bond donors (Lipinski definition) is 1. The average Bonchev–Trinajstić information content (AvgIpc) is 2.63. The third kappa shape index (κ3) is 2.08. The number of nitrogens with zero attached hydrogens (tertiary/aromatic N) is 2. The van der Waals surface area contributed by atoms with Gasteiger partial charge in [-0.15, -0.1) is 0 Å². The molecule has 0 spiro atoms. The van der Waals surface area contributed by atoms with Crippen molar-refractivity contribution in [3.8, 4) is 0 Å². The molecule has 19 heavy (non-hydrogen) atoms. The first-order valence-electron chi connectivity index (χ1n) is 6.51. The molecule has 96 valence electrons. The number of aryl methyl sites for hydroxylation is 2. The van der Waals surface area contributed by atoms with Crippen molar-refractivity contribution in [3.63, 3.8) is 0 Å². The maximum absolute atomic E-state index is 3.45. The Morgan fingerprint density at radius 1 is 1.16 bits per heavy atom. The molecule has 0 saturated carbocycles. The van der Waals surface area contributed by atoms with Crippen LogP contribution in [0.4, 0.5) is 17.2 Å². The van der Waals surface area contributed by atoms with Crippen LogP contribution in [-0.4, -0.2) is 6.54 Å². The number of pyridine rings is 1. The second-order valence-electron chi connectivity index (χ2n) is 4.78. The zero-order valence-electron chi connectivity index (χ0n) is 11.3. The lowest BCUT2D eigenvalue weighted by atomic mass is 10.1. The first kappa shape index (κ1) is 11.8. The third-order valence-electron chi connectivity index (χ3n) is 3.42. The summed E-state index contributed by atoms with van der Waals surface area (Å²) >= 11 is 0. The summed E-state index contributed by atoms with van der Waals surface area (Å²) in [4.78, 5) is 2.24. The molecule has 1 aliphatic rings. The number of anilines is 3. The van der Waals surface area contributed by atoms with E-state index in [-0.39, 0.29) is 0 Å². The second-order valence-corrected chi connectivity index (χ2v) is 4.78. The Morgan fingerprint density at radius 2 is 2.05 bits per heavy atom. The van der Waals surface area contributed by atoms with Crippen LogP contribution >= 0.6 is 0 Å². The van der Waals surface area contributed by atoms with E-state index >= 15 is 0 Å². The largest absolute Gasteiger partial charge is 0.378 e. The maximum Gasteiger partial charge on any atom is 0.286 e. The molecule has 1 aromatic carbocycles. The number of para-hydroxylation sites is 1. The minimum atomic E-state index is 0.851. The molecule has 0 radical (unpaired) electrons. The number of nitrogens with one attached hydrogen (secondary N) is 1. The van der Waals surface area contributed by atoms with Crippen molar-refractivity contribution < 1.29 is 4.57 Å². The van der Waals surface area contributed by atoms with Gasteiger partial charge in [-0.05, 0) is 30.7 Å². The van der Waals surface area contributed by atoms with Gasteiger partial charge in [-0.1, -0.05) is 18.2 Å². The van der Waals surface area contributed by atoms with E-state index in [1.807, 2.05) is 6.07 Å². The molecule has 3 rings (SSSR count). The number of benzene rings is 1. The van der Waals surface area contributed by atoms with Crippen LogP contribution in [0.3, 0.4) is 0 Å². The maximum atomic E-state index is 3.45. The van der Waals surface area contributed by atoms with Crippen LogP contribution in [-0.2, 0) is 7.05 Å². The molecule has 1 aromatic heterocycles. The molecule has 0 aliphatic carbocycles. The molecule has 1 N–H and O–H groups in total. The van der Waals surface area contributed by atoms with Gasteiger partial charge in [0.05, 0.1) is 25.1 Å². The van der Waals surface area contributed by atoms with E-state index in [9.17, 15) is 0 Å². The molecule has 0 saturated heterocycles. The monoisotopic (exact) mass is 252 g/mol. The summed E-state index contributed by atoms with van der Waals surface area (Å²) < 4.78 is 2.13. The smallest absolute Gasteiger partial charge is 0.286 e. The molecule has 3 nitrogen and oxygen atoms in total. The fourth-order valence-electron chi connectivity index (χ4n) is 2.48. The highest BCUT2D eigenvalue weighted by atomic mass is 15.2. The van der Waals surface area contributed by atoms with Crippen LogP contribution in [0.25, 0.3) is 0 Å². The van der Waals surface area contributed by atoms with Gasteiger partial charge >= 0.3 is 0 Å². The van der Waals surface area contributed by atoms with Gasteiger partial charge in [0, 0.05) is 12.6 Å². The Kier molecular flexibility index (Phi) is 2.95. The van der Waals surface area contributed by atoms with Crippen LogP contribution < -0.4 is 14.8 Å². The van der Waals surface area contributed by atoms with E-state index in [4.69, 9.17) is 0 Å². The van der Waals surface area contributed by atoms with Crippen LogP contribution in [0.15, 0.2) is 54.9 Å². The third-order valence-corrected chi connectivity index (χ3v) is 3.42. The average molecular weight is 252 g/mol. The molecular formula is C16H18N3+. The molecule has 0 fully saturated rings. The molecule has 0 amide bonds. The summed E-state index contributed by atoms with van der Waals surface area (Å²) in [5.41, 5.74) is 3.66. The minimum Gasteiger partial charge on any atom is -0.378 e. The van der Waals surface area contributed by atoms with Gasteiger partial charge in [0.15, 0.2) is 5.69 Å². The fraction of sp³-hybridized carbons (Fsp3) is 0.188. The topological polar surface area (TPSA) is 19.1 Å². The van der Waals surface area contributed by atoms with Crippen molar-refractivity contribution in [3.05, 3.63) is 60.4 Å². The Hall–Kier alpha value is -2.29. The summed E-state index contributed by atoms with van der Waals surface area (Å²) in [6.45, 7) is 3.00. The van der Waals surface area contributed by atoms with Gasteiger partial charge in [-0.25, -0.2) is 4.57 Å². The number of hydrogen-bond acceptors (Lipinski definition) is 2. The Bertz CT molecular complexity index is 632. The highest BCUT2D eigenvalue weighted by Crippen LogP contribution is 2.35. The summed E-state index contributed by atoms with van der Waals surface area (Å²) in [5, 5.41) is 3.45. The molecule has 0 unspecified atom stereocenters. The first-order valence-corrected chi connectivity index (χ1v) is 6.51. The minimum absolute atomic E-state index is 0.851. The molecule has 1 aliphatic heterocycles. The van der Waals surface area contributed by atoms with Crippen LogP contribution in [0.5, 0.6) is 0 Å². The van der Waals surface area contributed by atoms with Crippen LogP contribution in [0.1, 0.15) is 5.56 Å². The standard InChI is InChI=1S/C16H18N3/c1-13-7-5-8-14-16(13)19(12-6-10-17-14)15-9-3-4-11-18(15)2/h3-9,11-12,17H,10H2,1-2H3/q+1. The highest BCUT2D eigenvalue weighted by molar-refractivity contribution is 5.80. The van der Waals surface area contributed by atoms with Crippen molar-refractivity contribution in [2.45, 2.75) is 6.92 Å². The van der Waals surface area contributed by atoms with Crippen molar-refractivity contribution in [1.82, 2.24) is 0 Å². The lowest BCUT2D eigenvalue weighted by Gasteiger charge is -2.17. The summed E-state index contributed by atoms with van der Waals surface area (Å²) in [7, 11) is 2.07. The normalized spacial score (nSPS) is 13.7. The summed E-state index contributed by atoms with van der Waals surface area (Å²) in [6.07, 6.45) is 6.35. The van der Waals surface area contributed by atoms with Crippen LogP contribution in [0, 0.1) is 6.92 Å². The van der Waals surface area contributed by atoms with Gasteiger partial charge in [-0.3, -0.25) is 0 Å². The van der Waals surface area contributed by atoms with E-state index in [2.05, 4.69) is 77.6 Å². The summed E-state index contributed by atoms with van der Waals surface area (Å²) in [6, 6.07) is 12.6. The van der Waals surface area contributed by atoms with Crippen molar-refractivity contribution in [2.75, 3.05) is 16.8 Å². The van der Waals surface area contributed by atoms with Crippen molar-refractivity contribution in [2.24, 2.45) is 7.05 Å². The van der Waals surface area contributed by atoms with E-state index < -0.39 is 0 Å². The van der Waals surface area contributed by atoms with Gasteiger partial charge in [0.2, 0.25) is 0 Å². The van der Waals surface area contributed by atoms with E-state index in [1.54, 1.807) is 0 Å². The number of aromatic nitrogens is 1. The molecular weight excluding hydrogens is 234 g/mol.